The number of benzene rings is 4. The quantitative estimate of drug-likeness (QED) is 0.0590. The number of rotatable bonds is 15. The first kappa shape index (κ1) is 43.4. The lowest BCUT2D eigenvalue weighted by molar-refractivity contribution is -0.133. The van der Waals surface area contributed by atoms with Gasteiger partial charge in [0.05, 0.1) is 35.9 Å². The van der Waals surface area contributed by atoms with Crippen LogP contribution in [0.1, 0.15) is 84.5 Å². The molecule has 2 aliphatic rings. The van der Waals surface area contributed by atoms with Gasteiger partial charge in [-0.15, -0.1) is 0 Å². The van der Waals surface area contributed by atoms with Gasteiger partial charge in [0.15, 0.2) is 0 Å². The Hall–Kier alpha value is -7.22. The van der Waals surface area contributed by atoms with E-state index in [-0.39, 0.29) is 36.7 Å². The first-order valence-corrected chi connectivity index (χ1v) is 22.0. The highest BCUT2D eigenvalue weighted by atomic mass is 16.4. The van der Waals surface area contributed by atoms with Gasteiger partial charge < -0.3 is 40.6 Å². The number of hydrogen-bond acceptors (Lipinski definition) is 6. The zero-order chi connectivity index (χ0) is 44.7. The fourth-order valence-electron chi connectivity index (χ4n) is 9.40. The number of carboxylic acid groups (broad SMARTS) is 2. The summed E-state index contributed by atoms with van der Waals surface area (Å²) in [6.45, 7) is 5.39. The third-order valence-electron chi connectivity index (χ3n) is 12.7. The third-order valence-corrected chi connectivity index (χ3v) is 12.7. The van der Waals surface area contributed by atoms with Gasteiger partial charge in [-0.25, -0.2) is 19.6 Å². The number of hydrogen-bond donors (Lipinski definition) is 6. The van der Waals surface area contributed by atoms with Crippen molar-refractivity contribution in [3.8, 4) is 33.6 Å². The number of nitrogens with one attached hydrogen (secondary N) is 4. The van der Waals surface area contributed by atoms with Gasteiger partial charge in [0, 0.05) is 43.6 Å². The van der Waals surface area contributed by atoms with Crippen LogP contribution in [-0.2, 0) is 22.4 Å². The number of nitrogens with zero attached hydrogens (tertiary/aromatic N) is 4. The van der Waals surface area contributed by atoms with Crippen molar-refractivity contribution in [2.75, 3.05) is 13.1 Å². The Labute approximate surface area is 372 Å². The highest BCUT2D eigenvalue weighted by molar-refractivity contribution is 5.80. The average Bonchev–Trinajstić information content (AvgIpc) is 4.12. The number of H-pyrrole nitrogens is 2. The van der Waals surface area contributed by atoms with Crippen molar-refractivity contribution >= 4 is 24.0 Å². The zero-order valence-corrected chi connectivity index (χ0v) is 36.1. The molecule has 14 nitrogen and oxygen atoms in total. The van der Waals surface area contributed by atoms with E-state index in [2.05, 4.69) is 70.8 Å². The van der Waals surface area contributed by atoms with E-state index >= 15 is 0 Å². The fraction of sp³-hybridized carbons (Fsp3) is 0.320. The van der Waals surface area contributed by atoms with Gasteiger partial charge in [0.25, 0.3) is 0 Å². The van der Waals surface area contributed by atoms with Gasteiger partial charge in [-0.1, -0.05) is 97.1 Å². The van der Waals surface area contributed by atoms with Gasteiger partial charge in [-0.3, -0.25) is 9.59 Å². The second-order valence-electron chi connectivity index (χ2n) is 16.9. The molecule has 4 atom stereocenters. The summed E-state index contributed by atoms with van der Waals surface area (Å²) in [5.74, 6) is 1.23. The van der Waals surface area contributed by atoms with Crippen LogP contribution in [0, 0.1) is 13.8 Å². The molecule has 0 radical (unpaired) electrons. The topological polar surface area (TPSA) is 197 Å². The lowest BCUT2D eigenvalue weighted by Crippen LogP contribution is -2.41. The summed E-state index contributed by atoms with van der Waals surface area (Å²) in [4.78, 5) is 70.6. The maximum absolute atomic E-state index is 13.7. The standard InChI is InChI=1S/C50H54N8O6/c1-31-32(2)40(42-30-52-48(56-42)44-16-10-24-58(44)46(60)28-38(54-50(63)64)26-34-13-7-4-8-14-34)22-21-39(31)35-17-19-36(20-18-35)41-29-51-47(55-41)43-15-9-23-57(43)45(59)27-37(53-49(61)62)25-33-11-5-3-6-12-33/h3-8,11-14,17-22,29-30,37-38,43-44,53-54H,9-10,15-16,23-28H2,1-2H3,(H,51,55)(H,52,56)(H,61,62)(H,63,64)/t37-,38-,43?,44?/m0/s1. The van der Waals surface area contributed by atoms with Crippen molar-refractivity contribution < 1.29 is 29.4 Å². The SMILES string of the molecule is Cc1c(-c2ccc(-c3cnc(C4CCCN4C(=O)C[C@H](Cc4ccccc4)NC(=O)O)[nH]3)cc2)ccc(-c2cnc(C3CCCN3C(=O)C[C@H](Cc3ccccc3)NC(=O)O)[nH]2)c1C. The number of amides is 4. The van der Waals surface area contributed by atoms with E-state index in [0.29, 0.717) is 31.8 Å². The zero-order valence-electron chi connectivity index (χ0n) is 36.1. The molecule has 2 saturated heterocycles. The van der Waals surface area contributed by atoms with Crippen molar-refractivity contribution in [2.45, 2.75) is 89.4 Å². The van der Waals surface area contributed by atoms with Crippen LogP contribution in [0.3, 0.4) is 0 Å². The Morgan fingerprint density at radius 2 is 1.05 bits per heavy atom. The van der Waals surface area contributed by atoms with Crippen molar-refractivity contribution in [3.63, 3.8) is 0 Å². The molecule has 2 aliphatic heterocycles. The van der Waals surface area contributed by atoms with Gasteiger partial charge in [0.1, 0.15) is 11.6 Å². The number of carbonyl (C=O) groups is 4. The Bertz CT molecular complexity index is 2590. The Kier molecular flexibility index (Phi) is 13.2. The summed E-state index contributed by atoms with van der Waals surface area (Å²) in [5, 5.41) is 24.1. The molecule has 6 aromatic rings. The van der Waals surface area contributed by atoms with Crippen LogP contribution in [0.5, 0.6) is 0 Å². The predicted octanol–water partition coefficient (Wildman–Crippen LogP) is 8.62. The van der Waals surface area contributed by atoms with Crippen LogP contribution in [0.2, 0.25) is 0 Å². The lowest BCUT2D eigenvalue weighted by Gasteiger charge is -2.26. The highest BCUT2D eigenvalue weighted by Gasteiger charge is 2.35. The van der Waals surface area contributed by atoms with Crippen molar-refractivity contribution in [1.82, 2.24) is 40.4 Å². The number of imidazole rings is 2. The molecule has 2 fully saturated rings. The number of aromatic amines is 2. The molecule has 0 aliphatic carbocycles. The van der Waals surface area contributed by atoms with Crippen molar-refractivity contribution in [2.24, 2.45) is 0 Å². The summed E-state index contributed by atoms with van der Waals surface area (Å²) < 4.78 is 0. The van der Waals surface area contributed by atoms with E-state index in [4.69, 9.17) is 9.97 Å². The molecule has 4 aromatic carbocycles. The summed E-state index contributed by atoms with van der Waals surface area (Å²) in [5.41, 5.74) is 10.0. The van der Waals surface area contributed by atoms with E-state index in [1.807, 2.05) is 76.7 Å². The van der Waals surface area contributed by atoms with Crippen LogP contribution in [-0.4, -0.2) is 89.1 Å². The summed E-state index contributed by atoms with van der Waals surface area (Å²) in [6.07, 6.45) is 5.50. The van der Waals surface area contributed by atoms with Gasteiger partial charge in [-0.2, -0.15) is 0 Å². The third kappa shape index (κ3) is 10.0. The Morgan fingerprint density at radius 1 is 0.609 bits per heavy atom. The monoisotopic (exact) mass is 862 g/mol. The minimum Gasteiger partial charge on any atom is -0.465 e. The molecule has 64 heavy (non-hydrogen) atoms. The predicted molar refractivity (Wildman–Crippen MR) is 243 cm³/mol. The molecule has 8 rings (SSSR count). The normalized spacial score (nSPS) is 17.0. The smallest absolute Gasteiger partial charge is 0.404 e. The Morgan fingerprint density at radius 3 is 1.55 bits per heavy atom. The largest absolute Gasteiger partial charge is 0.465 e. The van der Waals surface area contributed by atoms with E-state index in [9.17, 15) is 29.4 Å². The van der Waals surface area contributed by atoms with Crippen molar-refractivity contribution in [3.05, 3.63) is 143 Å². The fourth-order valence-corrected chi connectivity index (χ4v) is 9.40. The molecule has 0 saturated carbocycles. The highest BCUT2D eigenvalue weighted by Crippen LogP contribution is 2.37. The molecular weight excluding hydrogens is 809 g/mol. The number of likely N-dealkylation sites (tertiary alicyclic amines) is 2. The van der Waals surface area contributed by atoms with Gasteiger partial charge >= 0.3 is 12.2 Å². The molecule has 2 aromatic heterocycles. The van der Waals surface area contributed by atoms with Crippen LogP contribution in [0.25, 0.3) is 33.6 Å². The summed E-state index contributed by atoms with van der Waals surface area (Å²) >= 11 is 0. The molecule has 2 unspecified atom stereocenters. The van der Waals surface area contributed by atoms with Crippen LogP contribution < -0.4 is 10.6 Å². The molecule has 330 valence electrons. The average molecular weight is 863 g/mol. The Balaban J connectivity index is 0.916. The molecule has 14 heteroatoms. The number of carbonyl (C=O) groups excluding carboxylic acids is 2. The minimum atomic E-state index is -1.15. The maximum Gasteiger partial charge on any atom is 0.404 e. The molecule has 4 amide bonds. The summed E-state index contributed by atoms with van der Waals surface area (Å²) in [7, 11) is 0. The second-order valence-corrected chi connectivity index (χ2v) is 16.9. The van der Waals surface area contributed by atoms with E-state index in [0.717, 1.165) is 87.4 Å². The van der Waals surface area contributed by atoms with Crippen LogP contribution in [0.15, 0.2) is 109 Å². The van der Waals surface area contributed by atoms with Crippen LogP contribution in [0.4, 0.5) is 9.59 Å². The van der Waals surface area contributed by atoms with E-state index in [1.54, 1.807) is 6.20 Å². The molecular formula is C50H54N8O6. The molecule has 6 N–H and O–H groups in total. The first-order valence-electron chi connectivity index (χ1n) is 22.0. The molecule has 4 heterocycles. The molecule has 0 spiro atoms. The maximum atomic E-state index is 13.7. The first-order chi connectivity index (χ1) is 31.0. The lowest BCUT2D eigenvalue weighted by atomic mass is 9.92. The second kappa shape index (κ2) is 19.4. The van der Waals surface area contributed by atoms with Gasteiger partial charge in [0.2, 0.25) is 11.8 Å². The summed E-state index contributed by atoms with van der Waals surface area (Å²) in [6, 6.07) is 30.2. The van der Waals surface area contributed by atoms with Crippen molar-refractivity contribution in [1.29, 1.82) is 0 Å². The van der Waals surface area contributed by atoms with E-state index in [1.165, 1.54) is 0 Å². The molecule has 0 bridgehead atoms. The van der Waals surface area contributed by atoms with Gasteiger partial charge in [-0.05, 0) is 91.3 Å². The number of aromatic nitrogens is 4. The van der Waals surface area contributed by atoms with E-state index < -0.39 is 24.3 Å². The van der Waals surface area contributed by atoms with Crippen LogP contribution >= 0.6 is 0 Å². The minimum absolute atomic E-state index is 0.0594.